The minimum atomic E-state index is -0.0145. The Morgan fingerprint density at radius 3 is 3.19 bits per heavy atom. The summed E-state index contributed by atoms with van der Waals surface area (Å²) in [5, 5.41) is 6.31. The minimum Gasteiger partial charge on any atom is -0.348 e. The molecule has 16 heavy (non-hydrogen) atoms. The number of piperidine rings is 1. The monoisotopic (exact) mass is 219 g/mol. The SMILES string of the molecule is Cc1ccncc1C(=O)N[C@H]1CCCNC1. The Morgan fingerprint density at radius 1 is 1.62 bits per heavy atom. The van der Waals surface area contributed by atoms with E-state index in [-0.39, 0.29) is 11.9 Å². The molecule has 2 N–H and O–H groups in total. The van der Waals surface area contributed by atoms with Crippen LogP contribution in [0.3, 0.4) is 0 Å². The van der Waals surface area contributed by atoms with E-state index in [1.807, 2.05) is 13.0 Å². The molecule has 0 aromatic carbocycles. The number of aryl methyl sites for hydroxylation is 1. The van der Waals surface area contributed by atoms with Gasteiger partial charge in [-0.25, -0.2) is 0 Å². The topological polar surface area (TPSA) is 54.0 Å². The first-order valence-electron chi connectivity index (χ1n) is 5.69. The molecule has 0 saturated carbocycles. The van der Waals surface area contributed by atoms with Crippen molar-refractivity contribution in [2.45, 2.75) is 25.8 Å². The number of nitrogens with one attached hydrogen (secondary N) is 2. The van der Waals surface area contributed by atoms with E-state index in [1.54, 1.807) is 12.4 Å². The molecule has 1 amide bonds. The van der Waals surface area contributed by atoms with Crippen LogP contribution in [0.15, 0.2) is 18.5 Å². The highest BCUT2D eigenvalue weighted by Gasteiger charge is 2.17. The van der Waals surface area contributed by atoms with Gasteiger partial charge in [0.15, 0.2) is 0 Å². The van der Waals surface area contributed by atoms with Crippen LogP contribution >= 0.6 is 0 Å². The van der Waals surface area contributed by atoms with Gasteiger partial charge in [0.25, 0.3) is 5.91 Å². The van der Waals surface area contributed by atoms with E-state index in [9.17, 15) is 4.79 Å². The number of carbonyl (C=O) groups is 1. The third-order valence-electron chi connectivity index (χ3n) is 2.92. The number of rotatable bonds is 2. The molecule has 1 atom stereocenters. The first-order chi connectivity index (χ1) is 7.77. The second-order valence-corrected chi connectivity index (χ2v) is 4.21. The van der Waals surface area contributed by atoms with Crippen molar-refractivity contribution >= 4 is 5.91 Å². The fraction of sp³-hybridized carbons (Fsp3) is 0.500. The fourth-order valence-electron chi connectivity index (χ4n) is 1.94. The van der Waals surface area contributed by atoms with Gasteiger partial charge in [-0.3, -0.25) is 9.78 Å². The number of pyridine rings is 1. The summed E-state index contributed by atoms with van der Waals surface area (Å²) in [5.41, 5.74) is 1.64. The summed E-state index contributed by atoms with van der Waals surface area (Å²) in [6, 6.07) is 2.11. The van der Waals surface area contributed by atoms with Crippen molar-refractivity contribution in [1.29, 1.82) is 0 Å². The number of aromatic nitrogens is 1. The highest BCUT2D eigenvalue weighted by Crippen LogP contribution is 2.07. The average molecular weight is 219 g/mol. The number of amides is 1. The van der Waals surface area contributed by atoms with Gasteiger partial charge in [-0.1, -0.05) is 0 Å². The van der Waals surface area contributed by atoms with Gasteiger partial charge in [0.2, 0.25) is 0 Å². The van der Waals surface area contributed by atoms with Crippen molar-refractivity contribution in [2.75, 3.05) is 13.1 Å². The van der Waals surface area contributed by atoms with Crippen molar-refractivity contribution in [3.63, 3.8) is 0 Å². The third-order valence-corrected chi connectivity index (χ3v) is 2.92. The summed E-state index contributed by atoms with van der Waals surface area (Å²) in [4.78, 5) is 15.9. The van der Waals surface area contributed by atoms with E-state index in [0.717, 1.165) is 31.5 Å². The normalized spacial score (nSPS) is 20.4. The molecule has 2 heterocycles. The Bertz CT molecular complexity index is 372. The average Bonchev–Trinajstić information content (AvgIpc) is 2.31. The summed E-state index contributed by atoms with van der Waals surface area (Å²) < 4.78 is 0. The molecule has 86 valence electrons. The fourth-order valence-corrected chi connectivity index (χ4v) is 1.94. The summed E-state index contributed by atoms with van der Waals surface area (Å²) in [7, 11) is 0. The number of nitrogens with zero attached hydrogens (tertiary/aromatic N) is 1. The van der Waals surface area contributed by atoms with Crippen LogP contribution in [0.2, 0.25) is 0 Å². The zero-order valence-corrected chi connectivity index (χ0v) is 9.49. The smallest absolute Gasteiger partial charge is 0.253 e. The molecule has 4 heteroatoms. The maximum absolute atomic E-state index is 12.0. The molecule has 1 aliphatic rings. The second-order valence-electron chi connectivity index (χ2n) is 4.21. The van der Waals surface area contributed by atoms with Gasteiger partial charge < -0.3 is 10.6 Å². The summed E-state index contributed by atoms with van der Waals surface area (Å²) >= 11 is 0. The number of hydrogen-bond donors (Lipinski definition) is 2. The zero-order valence-electron chi connectivity index (χ0n) is 9.49. The largest absolute Gasteiger partial charge is 0.348 e. The van der Waals surface area contributed by atoms with Gasteiger partial charge in [0, 0.05) is 25.0 Å². The Labute approximate surface area is 95.5 Å². The molecule has 1 aromatic heterocycles. The third kappa shape index (κ3) is 2.58. The molecule has 0 aliphatic carbocycles. The predicted molar refractivity (Wildman–Crippen MR) is 62.3 cm³/mol. The van der Waals surface area contributed by atoms with E-state index >= 15 is 0 Å². The van der Waals surface area contributed by atoms with Crippen LogP contribution in [0.5, 0.6) is 0 Å². The standard InChI is InChI=1S/C12H17N3O/c1-9-4-6-14-8-11(9)12(16)15-10-3-2-5-13-7-10/h4,6,8,10,13H,2-3,5,7H2,1H3,(H,15,16)/t10-/m0/s1. The van der Waals surface area contributed by atoms with Gasteiger partial charge in [-0.05, 0) is 37.9 Å². The van der Waals surface area contributed by atoms with Crippen molar-refractivity contribution in [1.82, 2.24) is 15.6 Å². The Balaban J connectivity index is 2.00. The predicted octanol–water partition coefficient (Wildman–Crippen LogP) is 0.872. The summed E-state index contributed by atoms with van der Waals surface area (Å²) in [6.07, 6.45) is 5.50. The van der Waals surface area contributed by atoms with Gasteiger partial charge in [0.05, 0.1) is 5.56 Å². The van der Waals surface area contributed by atoms with E-state index in [0.29, 0.717) is 5.56 Å². The lowest BCUT2D eigenvalue weighted by Crippen LogP contribution is -2.45. The van der Waals surface area contributed by atoms with E-state index < -0.39 is 0 Å². The second kappa shape index (κ2) is 5.07. The first kappa shape index (κ1) is 11.1. The molecular formula is C12H17N3O. The molecule has 1 fully saturated rings. The Kier molecular flexibility index (Phi) is 3.51. The molecule has 2 rings (SSSR count). The van der Waals surface area contributed by atoms with Crippen molar-refractivity contribution in [3.8, 4) is 0 Å². The molecule has 1 aromatic rings. The molecule has 4 nitrogen and oxygen atoms in total. The molecular weight excluding hydrogens is 202 g/mol. The Morgan fingerprint density at radius 2 is 2.50 bits per heavy atom. The van der Waals surface area contributed by atoms with Crippen LogP contribution in [0.25, 0.3) is 0 Å². The van der Waals surface area contributed by atoms with Crippen molar-refractivity contribution in [3.05, 3.63) is 29.6 Å². The van der Waals surface area contributed by atoms with Gasteiger partial charge >= 0.3 is 0 Å². The van der Waals surface area contributed by atoms with E-state index in [2.05, 4.69) is 15.6 Å². The highest BCUT2D eigenvalue weighted by molar-refractivity contribution is 5.95. The maximum atomic E-state index is 12.0. The summed E-state index contributed by atoms with van der Waals surface area (Å²) in [5.74, 6) is -0.0145. The van der Waals surface area contributed by atoms with Crippen molar-refractivity contribution < 1.29 is 4.79 Å². The van der Waals surface area contributed by atoms with Crippen LogP contribution < -0.4 is 10.6 Å². The molecule has 1 saturated heterocycles. The van der Waals surface area contributed by atoms with Crippen LogP contribution in [-0.4, -0.2) is 30.0 Å². The Hall–Kier alpha value is -1.42. The van der Waals surface area contributed by atoms with Gasteiger partial charge in [0.1, 0.15) is 0 Å². The summed E-state index contributed by atoms with van der Waals surface area (Å²) in [6.45, 7) is 3.85. The number of carbonyl (C=O) groups excluding carboxylic acids is 1. The zero-order chi connectivity index (χ0) is 11.4. The number of hydrogen-bond acceptors (Lipinski definition) is 3. The lowest BCUT2D eigenvalue weighted by Gasteiger charge is -2.24. The molecule has 1 aliphatic heterocycles. The molecule has 0 unspecified atom stereocenters. The first-order valence-corrected chi connectivity index (χ1v) is 5.69. The van der Waals surface area contributed by atoms with Crippen LogP contribution in [-0.2, 0) is 0 Å². The lowest BCUT2D eigenvalue weighted by molar-refractivity contribution is 0.0929. The van der Waals surface area contributed by atoms with Gasteiger partial charge in [-0.2, -0.15) is 0 Å². The highest BCUT2D eigenvalue weighted by atomic mass is 16.1. The quantitative estimate of drug-likeness (QED) is 0.776. The molecule has 0 spiro atoms. The lowest BCUT2D eigenvalue weighted by atomic mass is 10.1. The van der Waals surface area contributed by atoms with E-state index in [4.69, 9.17) is 0 Å². The molecule has 0 radical (unpaired) electrons. The van der Waals surface area contributed by atoms with E-state index in [1.165, 1.54) is 0 Å². The van der Waals surface area contributed by atoms with Gasteiger partial charge in [-0.15, -0.1) is 0 Å². The van der Waals surface area contributed by atoms with Crippen LogP contribution in [0.4, 0.5) is 0 Å². The van der Waals surface area contributed by atoms with Crippen LogP contribution in [0, 0.1) is 6.92 Å². The maximum Gasteiger partial charge on any atom is 0.253 e. The minimum absolute atomic E-state index is 0.0145. The molecule has 0 bridgehead atoms. The van der Waals surface area contributed by atoms with Crippen LogP contribution in [0.1, 0.15) is 28.8 Å². The van der Waals surface area contributed by atoms with Crippen molar-refractivity contribution in [2.24, 2.45) is 0 Å².